The molecule has 0 saturated carbocycles. The molecule has 6 heteroatoms. The lowest BCUT2D eigenvalue weighted by molar-refractivity contribution is 0.0956. The lowest BCUT2D eigenvalue weighted by Gasteiger charge is -2.07. The maximum atomic E-state index is 13.7. The summed E-state index contributed by atoms with van der Waals surface area (Å²) in [4.78, 5) is 16.5. The summed E-state index contributed by atoms with van der Waals surface area (Å²) in [6.45, 7) is 0.947. The molecule has 22 heavy (non-hydrogen) atoms. The quantitative estimate of drug-likeness (QED) is 0.751. The van der Waals surface area contributed by atoms with Crippen molar-refractivity contribution in [3.63, 3.8) is 0 Å². The van der Waals surface area contributed by atoms with Crippen molar-refractivity contribution in [1.29, 1.82) is 0 Å². The van der Waals surface area contributed by atoms with E-state index in [9.17, 15) is 13.6 Å². The van der Waals surface area contributed by atoms with Crippen LogP contribution in [-0.2, 0) is 6.54 Å². The van der Waals surface area contributed by atoms with Crippen molar-refractivity contribution in [3.05, 3.63) is 53.6 Å². The van der Waals surface area contributed by atoms with Gasteiger partial charge in [-0.25, -0.2) is 13.8 Å². The predicted octanol–water partition coefficient (Wildman–Crippen LogP) is 2.72. The zero-order valence-electron chi connectivity index (χ0n) is 11.4. The molecule has 0 unspecified atom stereocenters. The Bertz CT molecular complexity index is 900. The Morgan fingerprint density at radius 3 is 2.64 bits per heavy atom. The maximum absolute atomic E-state index is 13.7. The molecular weight excluding hydrogens is 288 g/mol. The minimum atomic E-state index is -0.505. The van der Waals surface area contributed by atoms with E-state index in [2.05, 4.69) is 10.3 Å². The van der Waals surface area contributed by atoms with Gasteiger partial charge in [0.25, 0.3) is 5.91 Å². The highest BCUT2D eigenvalue weighted by molar-refractivity contribution is 6.06. The fraction of sp³-hybridized carbons (Fsp3) is 0.125. The highest BCUT2D eigenvalue weighted by Crippen LogP contribution is 2.29. The van der Waals surface area contributed by atoms with Gasteiger partial charge in [-0.05, 0) is 30.3 Å². The molecule has 0 bridgehead atoms. The van der Waals surface area contributed by atoms with Crippen LogP contribution in [0.1, 0.15) is 10.4 Å². The molecule has 0 saturated heterocycles. The number of aromatic nitrogens is 2. The molecule has 1 aromatic heterocycles. The Labute approximate surface area is 124 Å². The van der Waals surface area contributed by atoms with Crippen molar-refractivity contribution < 1.29 is 13.6 Å². The van der Waals surface area contributed by atoms with Gasteiger partial charge in [0.2, 0.25) is 0 Å². The molecule has 0 radical (unpaired) electrons. The third-order valence-corrected chi connectivity index (χ3v) is 3.77. The van der Waals surface area contributed by atoms with Crippen molar-refractivity contribution in [1.82, 2.24) is 14.9 Å². The molecule has 1 N–H and O–H groups in total. The summed E-state index contributed by atoms with van der Waals surface area (Å²) in [7, 11) is 0. The number of rotatable bonds is 1. The first-order chi connectivity index (χ1) is 10.6. The number of hydrogen-bond acceptors (Lipinski definition) is 2. The Balaban J connectivity index is 2.04. The van der Waals surface area contributed by atoms with E-state index in [1.165, 1.54) is 24.3 Å². The van der Waals surface area contributed by atoms with E-state index in [0.29, 0.717) is 29.9 Å². The predicted molar refractivity (Wildman–Crippen MR) is 77.4 cm³/mol. The average molecular weight is 299 g/mol. The van der Waals surface area contributed by atoms with Gasteiger partial charge in [-0.3, -0.25) is 4.79 Å². The molecule has 1 amide bonds. The molecule has 2 aromatic carbocycles. The lowest BCUT2D eigenvalue weighted by Crippen LogP contribution is -2.24. The number of nitrogens with one attached hydrogen (secondary N) is 1. The number of halogens is 2. The minimum absolute atomic E-state index is 0.272. The second kappa shape index (κ2) is 4.62. The highest BCUT2D eigenvalue weighted by Gasteiger charge is 2.23. The lowest BCUT2D eigenvalue weighted by atomic mass is 10.1. The Morgan fingerprint density at radius 1 is 1.09 bits per heavy atom. The molecule has 1 aliphatic heterocycles. The normalized spacial score (nSPS) is 14.0. The summed E-state index contributed by atoms with van der Waals surface area (Å²) in [6, 6.07) is 8.47. The summed E-state index contributed by atoms with van der Waals surface area (Å²) in [5.41, 5.74) is 2.02. The molecule has 0 fully saturated rings. The number of benzene rings is 2. The van der Waals surface area contributed by atoms with Gasteiger partial charge >= 0.3 is 0 Å². The van der Waals surface area contributed by atoms with Gasteiger partial charge in [0.15, 0.2) is 0 Å². The van der Waals surface area contributed by atoms with Crippen LogP contribution >= 0.6 is 0 Å². The van der Waals surface area contributed by atoms with Crippen LogP contribution in [0, 0.1) is 11.6 Å². The second-order valence-corrected chi connectivity index (χ2v) is 5.17. The average Bonchev–Trinajstić information content (AvgIpc) is 2.76. The van der Waals surface area contributed by atoms with E-state index < -0.39 is 5.82 Å². The van der Waals surface area contributed by atoms with Gasteiger partial charge in [-0.2, -0.15) is 0 Å². The first kappa shape index (κ1) is 12.9. The van der Waals surface area contributed by atoms with Gasteiger partial charge in [-0.1, -0.05) is 0 Å². The zero-order chi connectivity index (χ0) is 15.3. The first-order valence-electron chi connectivity index (χ1n) is 6.87. The second-order valence-electron chi connectivity index (χ2n) is 5.17. The van der Waals surface area contributed by atoms with Gasteiger partial charge in [0.05, 0.1) is 16.6 Å². The minimum Gasteiger partial charge on any atom is -0.350 e. The van der Waals surface area contributed by atoms with E-state index in [0.717, 1.165) is 5.56 Å². The summed E-state index contributed by atoms with van der Waals surface area (Å²) in [5.74, 6) is -0.554. The van der Waals surface area contributed by atoms with Crippen molar-refractivity contribution in [3.8, 4) is 11.4 Å². The van der Waals surface area contributed by atoms with Crippen LogP contribution in [0.3, 0.4) is 0 Å². The molecule has 0 spiro atoms. The highest BCUT2D eigenvalue weighted by atomic mass is 19.1. The summed E-state index contributed by atoms with van der Waals surface area (Å²) >= 11 is 0. The fourth-order valence-electron chi connectivity index (χ4n) is 2.82. The molecule has 1 aliphatic rings. The van der Waals surface area contributed by atoms with Crippen molar-refractivity contribution >= 4 is 16.9 Å². The van der Waals surface area contributed by atoms with Crippen LogP contribution in [0.5, 0.6) is 0 Å². The molecule has 2 heterocycles. The summed E-state index contributed by atoms with van der Waals surface area (Å²) < 4.78 is 28.7. The standard InChI is InChI=1S/C16H11F2N3O/c17-10-3-1-9(2-4-10)15-20-13-8-11(18)7-12-14(13)21(15)6-5-19-16(12)22/h1-4,7-8H,5-6H2,(H,19,22). The fourth-order valence-corrected chi connectivity index (χ4v) is 2.82. The van der Waals surface area contributed by atoms with Crippen LogP contribution < -0.4 is 5.32 Å². The number of imidazole rings is 1. The van der Waals surface area contributed by atoms with Crippen molar-refractivity contribution in [2.75, 3.05) is 6.54 Å². The van der Waals surface area contributed by atoms with Crippen LogP contribution in [-0.4, -0.2) is 22.0 Å². The Morgan fingerprint density at radius 2 is 1.86 bits per heavy atom. The smallest absolute Gasteiger partial charge is 0.253 e. The maximum Gasteiger partial charge on any atom is 0.253 e. The van der Waals surface area contributed by atoms with E-state index >= 15 is 0 Å². The molecule has 4 nitrogen and oxygen atoms in total. The molecular formula is C16H11F2N3O. The number of carbonyl (C=O) groups is 1. The van der Waals surface area contributed by atoms with Crippen LogP contribution in [0.25, 0.3) is 22.4 Å². The van der Waals surface area contributed by atoms with E-state index in [-0.39, 0.29) is 17.3 Å². The SMILES string of the molecule is O=C1NCCn2c(-c3ccc(F)cc3)nc3cc(F)cc1c32. The molecule has 0 aliphatic carbocycles. The van der Waals surface area contributed by atoms with Crippen LogP contribution in [0.2, 0.25) is 0 Å². The van der Waals surface area contributed by atoms with E-state index in [1.54, 1.807) is 12.1 Å². The third kappa shape index (κ3) is 1.88. The van der Waals surface area contributed by atoms with E-state index in [1.807, 2.05) is 4.57 Å². The first-order valence-corrected chi connectivity index (χ1v) is 6.87. The number of hydrogen-bond donors (Lipinski definition) is 1. The van der Waals surface area contributed by atoms with E-state index in [4.69, 9.17) is 0 Å². The van der Waals surface area contributed by atoms with Gasteiger partial charge in [-0.15, -0.1) is 0 Å². The summed E-state index contributed by atoms with van der Waals surface area (Å²) in [5, 5.41) is 2.74. The van der Waals surface area contributed by atoms with Gasteiger partial charge < -0.3 is 9.88 Å². The third-order valence-electron chi connectivity index (χ3n) is 3.77. The monoisotopic (exact) mass is 299 g/mol. The molecule has 0 atom stereocenters. The Hall–Kier alpha value is -2.76. The largest absolute Gasteiger partial charge is 0.350 e. The number of carbonyl (C=O) groups excluding carboxylic acids is 1. The molecule has 3 aromatic rings. The van der Waals surface area contributed by atoms with Crippen molar-refractivity contribution in [2.24, 2.45) is 0 Å². The van der Waals surface area contributed by atoms with Crippen LogP contribution in [0.15, 0.2) is 36.4 Å². The van der Waals surface area contributed by atoms with Crippen molar-refractivity contribution in [2.45, 2.75) is 6.54 Å². The zero-order valence-corrected chi connectivity index (χ0v) is 11.4. The van der Waals surface area contributed by atoms with Gasteiger partial charge in [0, 0.05) is 24.7 Å². The number of amides is 1. The molecule has 4 rings (SSSR count). The van der Waals surface area contributed by atoms with Crippen LogP contribution in [0.4, 0.5) is 8.78 Å². The van der Waals surface area contributed by atoms with Gasteiger partial charge in [0.1, 0.15) is 17.5 Å². The number of nitrogens with zero attached hydrogens (tertiary/aromatic N) is 2. The topological polar surface area (TPSA) is 46.9 Å². The Kier molecular flexibility index (Phi) is 2.72. The molecule has 110 valence electrons. The summed E-state index contributed by atoms with van der Waals surface area (Å²) in [6.07, 6.45) is 0.